The van der Waals surface area contributed by atoms with Crippen LogP contribution in [0.2, 0.25) is 0 Å². The molecule has 2 aromatic rings. The highest BCUT2D eigenvalue weighted by Gasteiger charge is 2.30. The van der Waals surface area contributed by atoms with E-state index in [2.05, 4.69) is 18.9 Å². The van der Waals surface area contributed by atoms with Crippen LogP contribution in [0.3, 0.4) is 0 Å². The molecule has 0 bridgehead atoms. The van der Waals surface area contributed by atoms with Crippen LogP contribution < -0.4 is 5.69 Å². The van der Waals surface area contributed by atoms with Crippen molar-refractivity contribution in [1.29, 1.82) is 0 Å². The van der Waals surface area contributed by atoms with Gasteiger partial charge in [-0.2, -0.15) is 5.10 Å². The average Bonchev–Trinajstić information content (AvgIpc) is 2.98. The second kappa shape index (κ2) is 7.89. The summed E-state index contributed by atoms with van der Waals surface area (Å²) < 4.78 is 3.12. The van der Waals surface area contributed by atoms with Gasteiger partial charge < -0.3 is 4.90 Å². The molecular weight excluding hydrogens is 328 g/mol. The maximum atomic E-state index is 12.6. The topological polar surface area (TPSA) is 60.1 Å². The largest absolute Gasteiger partial charge is 0.350 e. The van der Waals surface area contributed by atoms with Crippen molar-refractivity contribution in [2.75, 3.05) is 13.1 Å². The van der Waals surface area contributed by atoms with E-state index in [1.54, 1.807) is 11.6 Å². The molecule has 0 atom stereocenters. The number of aryl methyl sites for hydroxylation is 1. The van der Waals surface area contributed by atoms with E-state index in [-0.39, 0.29) is 23.4 Å². The third-order valence-corrected chi connectivity index (χ3v) is 5.47. The molecule has 0 aliphatic carbocycles. The van der Waals surface area contributed by atoms with Crippen molar-refractivity contribution in [1.82, 2.24) is 19.2 Å². The number of rotatable bonds is 5. The zero-order valence-electron chi connectivity index (χ0n) is 15.9. The molecule has 1 amide bonds. The van der Waals surface area contributed by atoms with Crippen LogP contribution in [0.4, 0.5) is 0 Å². The van der Waals surface area contributed by atoms with Crippen LogP contribution in [-0.2, 0) is 11.8 Å². The van der Waals surface area contributed by atoms with Gasteiger partial charge in [-0.1, -0.05) is 32.0 Å². The fourth-order valence-electron chi connectivity index (χ4n) is 3.82. The number of carbonyl (C=O) groups is 1. The molecule has 3 rings (SSSR count). The van der Waals surface area contributed by atoms with Crippen molar-refractivity contribution in [3.8, 4) is 5.69 Å². The second-order valence-corrected chi connectivity index (χ2v) is 7.05. The summed E-state index contributed by atoms with van der Waals surface area (Å²) in [6, 6.07) is 9.65. The number of hydrogen-bond donors (Lipinski definition) is 0. The number of likely N-dealkylation sites (tertiary alicyclic amines) is 1. The minimum atomic E-state index is -0.123. The van der Waals surface area contributed by atoms with Gasteiger partial charge in [0.2, 0.25) is 5.91 Å². The van der Waals surface area contributed by atoms with Gasteiger partial charge in [0.25, 0.3) is 0 Å². The van der Waals surface area contributed by atoms with Gasteiger partial charge >= 0.3 is 5.69 Å². The Kier molecular flexibility index (Phi) is 5.59. The summed E-state index contributed by atoms with van der Waals surface area (Å²) in [6.07, 6.45) is 3.47. The molecule has 6 heteroatoms. The lowest BCUT2D eigenvalue weighted by Crippen LogP contribution is -2.41. The minimum absolute atomic E-state index is 0.123. The zero-order valence-corrected chi connectivity index (χ0v) is 15.9. The van der Waals surface area contributed by atoms with Crippen LogP contribution in [-0.4, -0.2) is 38.2 Å². The highest BCUT2D eigenvalue weighted by Crippen LogP contribution is 2.28. The lowest BCUT2D eigenvalue weighted by molar-refractivity contribution is -0.136. The molecule has 140 valence electrons. The summed E-state index contributed by atoms with van der Waals surface area (Å²) in [6.45, 7) is 5.62. The summed E-state index contributed by atoms with van der Waals surface area (Å²) in [5.41, 5.74) is 0.720. The number of nitrogens with zero attached hydrogens (tertiary/aromatic N) is 4. The molecule has 6 nitrogen and oxygen atoms in total. The van der Waals surface area contributed by atoms with Gasteiger partial charge in [-0.25, -0.2) is 14.0 Å². The molecule has 1 fully saturated rings. The Morgan fingerprint density at radius 2 is 1.77 bits per heavy atom. The maximum absolute atomic E-state index is 12.6. The molecule has 2 heterocycles. The third kappa shape index (κ3) is 3.45. The SMILES string of the molecule is CCC(CC)C(=O)N1CCC(c2nn(C)c(=O)n2-c2ccccc2)CC1. The van der Waals surface area contributed by atoms with Crippen LogP contribution in [0.25, 0.3) is 5.69 Å². The van der Waals surface area contributed by atoms with E-state index in [1.807, 2.05) is 35.2 Å². The van der Waals surface area contributed by atoms with Crippen molar-refractivity contribution >= 4 is 5.91 Å². The first kappa shape index (κ1) is 18.4. The van der Waals surface area contributed by atoms with E-state index in [0.29, 0.717) is 0 Å². The number of aromatic nitrogens is 3. The van der Waals surface area contributed by atoms with Gasteiger partial charge in [0, 0.05) is 32.0 Å². The van der Waals surface area contributed by atoms with E-state index in [9.17, 15) is 9.59 Å². The predicted molar refractivity (Wildman–Crippen MR) is 101 cm³/mol. The predicted octanol–water partition coefficient (Wildman–Crippen LogP) is 2.71. The van der Waals surface area contributed by atoms with Crippen LogP contribution >= 0.6 is 0 Å². The normalized spacial score (nSPS) is 15.6. The van der Waals surface area contributed by atoms with E-state index >= 15 is 0 Å². The monoisotopic (exact) mass is 356 g/mol. The number of benzene rings is 1. The highest BCUT2D eigenvalue weighted by molar-refractivity contribution is 5.78. The Labute approximate surface area is 154 Å². The molecule has 26 heavy (non-hydrogen) atoms. The lowest BCUT2D eigenvalue weighted by Gasteiger charge is -2.33. The third-order valence-electron chi connectivity index (χ3n) is 5.47. The fourth-order valence-corrected chi connectivity index (χ4v) is 3.82. The molecule has 0 unspecified atom stereocenters. The first-order valence-electron chi connectivity index (χ1n) is 9.56. The molecule has 0 saturated carbocycles. The minimum Gasteiger partial charge on any atom is -0.342 e. The summed E-state index contributed by atoms with van der Waals surface area (Å²) >= 11 is 0. The van der Waals surface area contributed by atoms with Crippen molar-refractivity contribution in [2.45, 2.75) is 45.4 Å². The van der Waals surface area contributed by atoms with Gasteiger partial charge in [-0.3, -0.25) is 4.79 Å². The summed E-state index contributed by atoms with van der Waals surface area (Å²) in [5.74, 6) is 1.40. The van der Waals surface area contributed by atoms with E-state index in [0.717, 1.165) is 50.3 Å². The molecule has 1 aromatic carbocycles. The highest BCUT2D eigenvalue weighted by atomic mass is 16.2. The first-order valence-corrected chi connectivity index (χ1v) is 9.56. The van der Waals surface area contributed by atoms with Gasteiger partial charge in [0.15, 0.2) is 0 Å². The molecule has 1 aromatic heterocycles. The van der Waals surface area contributed by atoms with Gasteiger partial charge in [0.1, 0.15) is 5.82 Å². The lowest BCUT2D eigenvalue weighted by atomic mass is 9.93. The Morgan fingerprint density at radius 3 is 2.35 bits per heavy atom. The molecule has 1 saturated heterocycles. The summed E-state index contributed by atoms with van der Waals surface area (Å²) in [4.78, 5) is 27.2. The molecule has 1 aliphatic heterocycles. The van der Waals surface area contributed by atoms with Gasteiger partial charge in [0.05, 0.1) is 5.69 Å². The van der Waals surface area contributed by atoms with Crippen molar-refractivity contribution < 1.29 is 4.79 Å². The van der Waals surface area contributed by atoms with E-state index in [4.69, 9.17) is 0 Å². The molecular formula is C20H28N4O2. The summed E-state index contributed by atoms with van der Waals surface area (Å²) in [7, 11) is 1.69. The smallest absolute Gasteiger partial charge is 0.342 e. The molecule has 0 spiro atoms. The Morgan fingerprint density at radius 1 is 1.15 bits per heavy atom. The van der Waals surface area contributed by atoms with Gasteiger partial charge in [-0.05, 0) is 37.8 Å². The number of carbonyl (C=O) groups excluding carboxylic acids is 1. The van der Waals surface area contributed by atoms with Crippen LogP contribution in [0.15, 0.2) is 35.1 Å². The number of para-hydroxylation sites is 1. The number of amides is 1. The standard InChI is InChI=1S/C20H28N4O2/c1-4-15(5-2)19(25)23-13-11-16(12-14-23)18-21-22(3)20(26)24(18)17-9-7-6-8-10-17/h6-10,15-16H,4-5,11-14H2,1-3H3. The van der Waals surface area contributed by atoms with Gasteiger partial charge in [-0.15, -0.1) is 0 Å². The van der Waals surface area contributed by atoms with Crippen LogP contribution in [0.1, 0.15) is 51.3 Å². The van der Waals surface area contributed by atoms with E-state index in [1.165, 1.54) is 4.68 Å². The number of hydrogen-bond acceptors (Lipinski definition) is 3. The van der Waals surface area contributed by atoms with Crippen molar-refractivity contribution in [3.63, 3.8) is 0 Å². The molecule has 0 N–H and O–H groups in total. The number of piperidine rings is 1. The Bertz CT molecular complexity index is 797. The molecule has 1 aliphatic rings. The Balaban J connectivity index is 1.80. The fraction of sp³-hybridized carbons (Fsp3) is 0.550. The van der Waals surface area contributed by atoms with E-state index < -0.39 is 0 Å². The quantitative estimate of drug-likeness (QED) is 0.828. The molecule has 0 radical (unpaired) electrons. The summed E-state index contributed by atoms with van der Waals surface area (Å²) in [5, 5.41) is 4.51. The van der Waals surface area contributed by atoms with Crippen molar-refractivity contribution in [2.24, 2.45) is 13.0 Å². The average molecular weight is 356 g/mol. The maximum Gasteiger partial charge on any atom is 0.350 e. The zero-order chi connectivity index (χ0) is 18.7. The first-order chi connectivity index (χ1) is 12.6. The second-order valence-electron chi connectivity index (χ2n) is 7.05. The van der Waals surface area contributed by atoms with Crippen LogP contribution in [0.5, 0.6) is 0 Å². The Hall–Kier alpha value is -2.37. The van der Waals surface area contributed by atoms with Crippen LogP contribution in [0, 0.1) is 5.92 Å². The van der Waals surface area contributed by atoms with Crippen molar-refractivity contribution in [3.05, 3.63) is 46.6 Å².